The number of hydrogen-bond acceptors (Lipinski definition) is 2. The van der Waals surface area contributed by atoms with E-state index in [9.17, 15) is 14.0 Å². The Bertz CT molecular complexity index is 1200. The molecule has 4 nitrogen and oxygen atoms in total. The van der Waals surface area contributed by atoms with Crippen molar-refractivity contribution in [2.75, 3.05) is 0 Å². The monoisotopic (exact) mass is 540 g/mol. The average molecular weight is 541 g/mol. The van der Waals surface area contributed by atoms with Crippen molar-refractivity contribution in [2.45, 2.75) is 63.6 Å². The molecule has 7 heteroatoms. The summed E-state index contributed by atoms with van der Waals surface area (Å²) in [6.07, 6.45) is 5.63. The van der Waals surface area contributed by atoms with E-state index in [4.69, 9.17) is 23.2 Å². The standard InChI is InChI=1S/C30H31Cl2FN2O2/c31-24-14-13-23(27(32)19-24)20-35(29(36)18-22-11-15-25(33)16-12-22)28(17-21-7-3-1-4-8-21)30(37)34-26-9-5-2-6-10-26/h1,3-4,7-8,11-16,19,26,28H,2,5-6,9-10,17-18,20H2,(H,34,37)/t28-/m1/s1. The molecule has 0 bridgehead atoms. The summed E-state index contributed by atoms with van der Waals surface area (Å²) in [4.78, 5) is 29.2. The molecule has 0 saturated heterocycles. The van der Waals surface area contributed by atoms with E-state index < -0.39 is 6.04 Å². The Labute approximate surface area is 227 Å². The second-order valence-corrected chi connectivity index (χ2v) is 10.5. The third-order valence-electron chi connectivity index (χ3n) is 6.85. The van der Waals surface area contributed by atoms with E-state index in [1.807, 2.05) is 30.3 Å². The number of nitrogens with zero attached hydrogens (tertiary/aromatic N) is 1. The predicted octanol–water partition coefficient (Wildman–Crippen LogP) is 6.76. The molecule has 2 amide bonds. The third kappa shape index (κ3) is 7.80. The summed E-state index contributed by atoms with van der Waals surface area (Å²) in [7, 11) is 0. The topological polar surface area (TPSA) is 49.4 Å². The van der Waals surface area contributed by atoms with E-state index in [2.05, 4.69) is 5.32 Å². The minimum Gasteiger partial charge on any atom is -0.352 e. The van der Waals surface area contributed by atoms with Gasteiger partial charge >= 0.3 is 0 Å². The molecule has 0 aliphatic heterocycles. The SMILES string of the molecule is O=C(NC1CCCCC1)[C@@H](Cc1ccccc1)N(Cc1ccc(Cl)cc1Cl)C(=O)Cc1ccc(F)cc1. The van der Waals surface area contributed by atoms with E-state index in [0.29, 0.717) is 27.6 Å². The molecule has 4 rings (SSSR count). The fraction of sp³-hybridized carbons (Fsp3) is 0.333. The van der Waals surface area contributed by atoms with Crippen molar-refractivity contribution in [1.29, 1.82) is 0 Å². The number of rotatable bonds is 9. The van der Waals surface area contributed by atoms with Crippen LogP contribution in [0.2, 0.25) is 10.0 Å². The maximum atomic E-state index is 13.8. The van der Waals surface area contributed by atoms with Crippen molar-refractivity contribution in [1.82, 2.24) is 10.2 Å². The zero-order valence-corrected chi connectivity index (χ0v) is 22.1. The van der Waals surface area contributed by atoms with Gasteiger partial charge in [0.15, 0.2) is 0 Å². The van der Waals surface area contributed by atoms with Gasteiger partial charge in [-0.3, -0.25) is 9.59 Å². The molecule has 1 aliphatic carbocycles. The fourth-order valence-electron chi connectivity index (χ4n) is 4.81. The van der Waals surface area contributed by atoms with E-state index in [1.165, 1.54) is 18.6 Å². The maximum Gasteiger partial charge on any atom is 0.243 e. The molecule has 0 spiro atoms. The van der Waals surface area contributed by atoms with Gasteiger partial charge in [-0.05, 0) is 53.8 Å². The average Bonchev–Trinajstić information content (AvgIpc) is 2.89. The highest BCUT2D eigenvalue weighted by molar-refractivity contribution is 6.35. The van der Waals surface area contributed by atoms with Crippen molar-refractivity contribution < 1.29 is 14.0 Å². The Morgan fingerprint density at radius 2 is 1.62 bits per heavy atom. The smallest absolute Gasteiger partial charge is 0.243 e. The lowest BCUT2D eigenvalue weighted by atomic mass is 9.94. The lowest BCUT2D eigenvalue weighted by Crippen LogP contribution is -2.53. The Kier molecular flexibility index (Phi) is 9.59. The fourth-order valence-corrected chi connectivity index (χ4v) is 5.28. The predicted molar refractivity (Wildman–Crippen MR) is 146 cm³/mol. The summed E-state index contributed by atoms with van der Waals surface area (Å²) in [5.41, 5.74) is 2.32. The van der Waals surface area contributed by atoms with Crippen LogP contribution in [-0.4, -0.2) is 28.8 Å². The molecule has 0 heterocycles. The largest absolute Gasteiger partial charge is 0.352 e. The number of nitrogens with one attached hydrogen (secondary N) is 1. The van der Waals surface area contributed by atoms with Crippen LogP contribution in [0.4, 0.5) is 4.39 Å². The van der Waals surface area contributed by atoms with Gasteiger partial charge < -0.3 is 10.2 Å². The van der Waals surface area contributed by atoms with Crippen LogP contribution in [0.25, 0.3) is 0 Å². The van der Waals surface area contributed by atoms with Gasteiger partial charge in [0.05, 0.1) is 6.42 Å². The number of benzene rings is 3. The van der Waals surface area contributed by atoms with Gasteiger partial charge in [-0.25, -0.2) is 4.39 Å². The zero-order valence-electron chi connectivity index (χ0n) is 20.6. The zero-order chi connectivity index (χ0) is 26.2. The van der Waals surface area contributed by atoms with Crippen LogP contribution in [0, 0.1) is 5.82 Å². The van der Waals surface area contributed by atoms with Gasteiger partial charge in [0, 0.05) is 29.1 Å². The number of carbonyl (C=O) groups excluding carboxylic acids is 2. The number of hydrogen-bond donors (Lipinski definition) is 1. The first-order valence-electron chi connectivity index (χ1n) is 12.7. The van der Waals surface area contributed by atoms with E-state index in [0.717, 1.165) is 31.2 Å². The molecule has 37 heavy (non-hydrogen) atoms. The van der Waals surface area contributed by atoms with Crippen LogP contribution < -0.4 is 5.32 Å². The second-order valence-electron chi connectivity index (χ2n) is 9.61. The van der Waals surface area contributed by atoms with E-state index in [1.54, 1.807) is 35.2 Å². The summed E-state index contributed by atoms with van der Waals surface area (Å²) in [5, 5.41) is 4.14. The van der Waals surface area contributed by atoms with Crippen LogP contribution in [0.1, 0.15) is 48.8 Å². The first kappa shape index (κ1) is 27.2. The third-order valence-corrected chi connectivity index (χ3v) is 7.43. The summed E-state index contributed by atoms with van der Waals surface area (Å²) in [5.74, 6) is -0.777. The summed E-state index contributed by atoms with van der Waals surface area (Å²) in [6.45, 7) is 0.144. The highest BCUT2D eigenvalue weighted by atomic mass is 35.5. The van der Waals surface area contributed by atoms with Gasteiger partial charge in [0.25, 0.3) is 0 Å². The van der Waals surface area contributed by atoms with Crippen molar-refractivity contribution in [3.8, 4) is 0 Å². The quantitative estimate of drug-likeness (QED) is 0.325. The highest BCUT2D eigenvalue weighted by Crippen LogP contribution is 2.25. The molecule has 1 saturated carbocycles. The Hall–Kier alpha value is -2.89. The summed E-state index contributed by atoms with van der Waals surface area (Å²) < 4.78 is 13.5. The molecular formula is C30H31Cl2FN2O2. The first-order chi connectivity index (χ1) is 17.9. The molecule has 1 aliphatic rings. The molecule has 194 valence electrons. The van der Waals surface area contributed by atoms with Crippen LogP contribution in [0.15, 0.2) is 72.8 Å². The van der Waals surface area contributed by atoms with E-state index >= 15 is 0 Å². The Balaban J connectivity index is 1.67. The van der Waals surface area contributed by atoms with Crippen LogP contribution in [0.5, 0.6) is 0 Å². The van der Waals surface area contributed by atoms with Crippen LogP contribution >= 0.6 is 23.2 Å². The minimum atomic E-state index is -0.746. The second kappa shape index (κ2) is 13.1. The number of carbonyl (C=O) groups is 2. The molecular weight excluding hydrogens is 510 g/mol. The summed E-state index contributed by atoms with van der Waals surface area (Å²) >= 11 is 12.6. The Morgan fingerprint density at radius 1 is 0.919 bits per heavy atom. The number of halogens is 3. The molecule has 1 atom stereocenters. The first-order valence-corrected chi connectivity index (χ1v) is 13.5. The van der Waals surface area contributed by atoms with Gasteiger partial charge in [-0.2, -0.15) is 0 Å². The van der Waals surface area contributed by atoms with Crippen molar-refractivity contribution in [3.63, 3.8) is 0 Å². The van der Waals surface area contributed by atoms with Crippen molar-refractivity contribution in [3.05, 3.63) is 105 Å². The van der Waals surface area contributed by atoms with Crippen LogP contribution in [-0.2, 0) is 29.0 Å². The molecule has 0 radical (unpaired) electrons. The van der Waals surface area contributed by atoms with Crippen molar-refractivity contribution in [2.24, 2.45) is 0 Å². The van der Waals surface area contributed by atoms with Gasteiger partial charge in [-0.1, -0.05) is 91.0 Å². The molecule has 3 aromatic rings. The van der Waals surface area contributed by atoms with Gasteiger partial charge in [0.1, 0.15) is 11.9 Å². The van der Waals surface area contributed by atoms with E-state index in [-0.39, 0.29) is 36.6 Å². The van der Waals surface area contributed by atoms with Gasteiger partial charge in [-0.15, -0.1) is 0 Å². The minimum absolute atomic E-state index is 0.0352. The molecule has 0 aromatic heterocycles. The highest BCUT2D eigenvalue weighted by Gasteiger charge is 2.32. The van der Waals surface area contributed by atoms with Crippen molar-refractivity contribution >= 4 is 35.0 Å². The Morgan fingerprint density at radius 3 is 2.30 bits per heavy atom. The summed E-state index contributed by atoms with van der Waals surface area (Å²) in [6, 6.07) is 20.0. The maximum absolute atomic E-state index is 13.8. The lowest BCUT2D eigenvalue weighted by Gasteiger charge is -2.34. The van der Waals surface area contributed by atoms with Crippen LogP contribution in [0.3, 0.4) is 0 Å². The van der Waals surface area contributed by atoms with Gasteiger partial charge in [0.2, 0.25) is 11.8 Å². The molecule has 1 fully saturated rings. The number of amides is 2. The molecule has 0 unspecified atom stereocenters. The normalized spacial score (nSPS) is 14.7. The lowest BCUT2D eigenvalue weighted by molar-refractivity contribution is -0.141. The molecule has 3 aromatic carbocycles. The molecule has 1 N–H and O–H groups in total.